The molecule has 1 aliphatic heterocycles. The Kier molecular flexibility index (Phi) is 5.44. The van der Waals surface area contributed by atoms with Crippen LogP contribution in [-0.4, -0.2) is 53.6 Å². The lowest BCUT2D eigenvalue weighted by molar-refractivity contribution is -0.134. The zero-order valence-corrected chi connectivity index (χ0v) is 13.5. The molecule has 2 fully saturated rings. The Bertz CT molecular complexity index is 322. The van der Waals surface area contributed by atoms with Gasteiger partial charge in [-0.2, -0.15) is 0 Å². The molecule has 4 heteroatoms. The van der Waals surface area contributed by atoms with E-state index in [0.29, 0.717) is 11.9 Å². The van der Waals surface area contributed by atoms with E-state index in [0.717, 1.165) is 45.6 Å². The zero-order valence-electron chi connectivity index (χ0n) is 13.5. The van der Waals surface area contributed by atoms with Crippen molar-refractivity contribution in [3.05, 3.63) is 0 Å². The predicted molar refractivity (Wildman–Crippen MR) is 82.5 cm³/mol. The van der Waals surface area contributed by atoms with E-state index in [4.69, 9.17) is 0 Å². The van der Waals surface area contributed by atoms with Crippen LogP contribution in [0.15, 0.2) is 0 Å². The lowest BCUT2D eigenvalue weighted by Gasteiger charge is -2.27. The van der Waals surface area contributed by atoms with Crippen molar-refractivity contribution >= 4 is 5.91 Å². The van der Waals surface area contributed by atoms with Crippen molar-refractivity contribution in [2.24, 2.45) is 0 Å². The summed E-state index contributed by atoms with van der Waals surface area (Å²) < 4.78 is 0. The van der Waals surface area contributed by atoms with Gasteiger partial charge >= 0.3 is 0 Å². The average Bonchev–Trinajstić information content (AvgIpc) is 3.05. The SMILES string of the molecule is CCN(CC)CCCC(C)N1CNC2(CCCC2)C1=O. The fourth-order valence-corrected chi connectivity index (χ4v) is 3.69. The summed E-state index contributed by atoms with van der Waals surface area (Å²) in [7, 11) is 0. The summed E-state index contributed by atoms with van der Waals surface area (Å²) in [5.41, 5.74) is -0.187. The fourth-order valence-electron chi connectivity index (χ4n) is 3.69. The second-order valence-electron chi connectivity index (χ2n) is 6.42. The minimum Gasteiger partial charge on any atom is -0.326 e. The third kappa shape index (κ3) is 3.17. The van der Waals surface area contributed by atoms with Gasteiger partial charge in [-0.1, -0.05) is 26.7 Å². The van der Waals surface area contributed by atoms with E-state index in [1.54, 1.807) is 0 Å². The molecule has 1 amide bonds. The van der Waals surface area contributed by atoms with Gasteiger partial charge in [0.05, 0.1) is 12.2 Å². The van der Waals surface area contributed by atoms with Crippen molar-refractivity contribution in [3.63, 3.8) is 0 Å². The van der Waals surface area contributed by atoms with Gasteiger partial charge < -0.3 is 9.80 Å². The Balaban J connectivity index is 1.78. The maximum Gasteiger partial charge on any atom is 0.244 e. The quantitative estimate of drug-likeness (QED) is 0.777. The van der Waals surface area contributed by atoms with Gasteiger partial charge in [0, 0.05) is 6.04 Å². The molecule has 1 saturated heterocycles. The number of nitrogens with one attached hydrogen (secondary N) is 1. The van der Waals surface area contributed by atoms with E-state index in [1.807, 2.05) is 0 Å². The Labute approximate surface area is 123 Å². The molecule has 1 aliphatic carbocycles. The lowest BCUT2D eigenvalue weighted by atomic mass is 9.97. The number of hydrogen-bond acceptors (Lipinski definition) is 3. The standard InChI is InChI=1S/C16H31N3O/c1-4-18(5-2)12-8-9-14(3)19-13-17-16(15(19)20)10-6-7-11-16/h14,17H,4-13H2,1-3H3. The molecule has 0 aromatic rings. The number of nitrogens with zero attached hydrogens (tertiary/aromatic N) is 2. The Morgan fingerprint density at radius 3 is 2.55 bits per heavy atom. The first-order valence-corrected chi connectivity index (χ1v) is 8.41. The summed E-state index contributed by atoms with van der Waals surface area (Å²) in [5, 5.41) is 3.50. The van der Waals surface area contributed by atoms with E-state index in [2.05, 4.69) is 35.9 Å². The van der Waals surface area contributed by atoms with Crippen LogP contribution in [0, 0.1) is 0 Å². The van der Waals surface area contributed by atoms with Crippen molar-refractivity contribution in [2.75, 3.05) is 26.3 Å². The van der Waals surface area contributed by atoms with Gasteiger partial charge in [0.1, 0.15) is 0 Å². The van der Waals surface area contributed by atoms with Crippen molar-refractivity contribution in [1.82, 2.24) is 15.1 Å². The van der Waals surface area contributed by atoms with E-state index >= 15 is 0 Å². The molecule has 1 unspecified atom stereocenters. The van der Waals surface area contributed by atoms with E-state index in [9.17, 15) is 4.79 Å². The molecule has 1 atom stereocenters. The first-order valence-electron chi connectivity index (χ1n) is 8.41. The predicted octanol–water partition coefficient (Wildman–Crippen LogP) is 2.20. The molecule has 1 saturated carbocycles. The van der Waals surface area contributed by atoms with Crippen LogP contribution in [0.1, 0.15) is 59.3 Å². The van der Waals surface area contributed by atoms with E-state index in [1.165, 1.54) is 19.3 Å². The highest BCUT2D eigenvalue weighted by Crippen LogP contribution is 2.35. The first-order chi connectivity index (χ1) is 9.63. The van der Waals surface area contributed by atoms with Crippen LogP contribution < -0.4 is 5.32 Å². The third-order valence-corrected chi connectivity index (χ3v) is 5.24. The van der Waals surface area contributed by atoms with Gasteiger partial charge in [-0.25, -0.2) is 0 Å². The number of rotatable bonds is 7. The topological polar surface area (TPSA) is 35.6 Å². The van der Waals surface area contributed by atoms with Crippen LogP contribution in [-0.2, 0) is 4.79 Å². The lowest BCUT2D eigenvalue weighted by Crippen LogP contribution is -2.45. The van der Waals surface area contributed by atoms with Crippen molar-refractivity contribution < 1.29 is 4.79 Å². The highest BCUT2D eigenvalue weighted by molar-refractivity contribution is 5.88. The van der Waals surface area contributed by atoms with Crippen LogP contribution in [0.25, 0.3) is 0 Å². The van der Waals surface area contributed by atoms with Gasteiger partial charge in [-0.05, 0) is 52.2 Å². The smallest absolute Gasteiger partial charge is 0.244 e. The number of amides is 1. The minimum absolute atomic E-state index is 0.187. The highest BCUT2D eigenvalue weighted by Gasteiger charge is 2.48. The van der Waals surface area contributed by atoms with Crippen LogP contribution in [0.3, 0.4) is 0 Å². The van der Waals surface area contributed by atoms with Crippen molar-refractivity contribution in [2.45, 2.75) is 70.9 Å². The second kappa shape index (κ2) is 6.90. The molecule has 1 spiro atoms. The number of carbonyl (C=O) groups is 1. The molecule has 0 radical (unpaired) electrons. The molecule has 0 aromatic carbocycles. The molecule has 2 rings (SSSR count). The first kappa shape index (κ1) is 15.8. The highest BCUT2D eigenvalue weighted by atomic mass is 16.2. The summed E-state index contributed by atoms with van der Waals surface area (Å²) in [5.74, 6) is 0.366. The summed E-state index contributed by atoms with van der Waals surface area (Å²) >= 11 is 0. The average molecular weight is 281 g/mol. The van der Waals surface area contributed by atoms with Crippen LogP contribution in [0.5, 0.6) is 0 Å². The summed E-state index contributed by atoms with van der Waals surface area (Å²) in [4.78, 5) is 17.2. The van der Waals surface area contributed by atoms with Crippen LogP contribution >= 0.6 is 0 Å². The molecular formula is C16H31N3O. The fraction of sp³-hybridized carbons (Fsp3) is 0.938. The number of hydrogen-bond donors (Lipinski definition) is 1. The maximum atomic E-state index is 12.6. The Morgan fingerprint density at radius 1 is 1.30 bits per heavy atom. The maximum absolute atomic E-state index is 12.6. The van der Waals surface area contributed by atoms with Gasteiger partial charge in [-0.15, -0.1) is 0 Å². The molecule has 2 aliphatic rings. The van der Waals surface area contributed by atoms with Crippen molar-refractivity contribution in [3.8, 4) is 0 Å². The number of carbonyl (C=O) groups excluding carboxylic acids is 1. The Morgan fingerprint density at radius 2 is 1.95 bits per heavy atom. The zero-order chi connectivity index (χ0) is 14.6. The molecular weight excluding hydrogens is 250 g/mol. The van der Waals surface area contributed by atoms with Gasteiger partial charge in [0.15, 0.2) is 0 Å². The second-order valence-corrected chi connectivity index (χ2v) is 6.42. The summed E-state index contributed by atoms with van der Waals surface area (Å²) in [6.07, 6.45) is 6.76. The van der Waals surface area contributed by atoms with Gasteiger partial charge in [0.2, 0.25) is 5.91 Å². The van der Waals surface area contributed by atoms with Gasteiger partial charge in [0.25, 0.3) is 0 Å². The molecule has 1 N–H and O–H groups in total. The van der Waals surface area contributed by atoms with E-state index in [-0.39, 0.29) is 5.54 Å². The normalized spacial score (nSPS) is 23.2. The molecule has 0 aromatic heterocycles. The summed E-state index contributed by atoms with van der Waals surface area (Å²) in [6.45, 7) is 10.8. The van der Waals surface area contributed by atoms with Crippen LogP contribution in [0.2, 0.25) is 0 Å². The monoisotopic (exact) mass is 281 g/mol. The molecule has 0 bridgehead atoms. The third-order valence-electron chi connectivity index (χ3n) is 5.24. The molecule has 116 valence electrons. The summed E-state index contributed by atoms with van der Waals surface area (Å²) in [6, 6.07) is 0.366. The van der Waals surface area contributed by atoms with Crippen LogP contribution in [0.4, 0.5) is 0 Å². The van der Waals surface area contributed by atoms with Gasteiger partial charge in [-0.3, -0.25) is 10.1 Å². The minimum atomic E-state index is -0.187. The molecule has 4 nitrogen and oxygen atoms in total. The Hall–Kier alpha value is -0.610. The largest absolute Gasteiger partial charge is 0.326 e. The molecule has 20 heavy (non-hydrogen) atoms. The van der Waals surface area contributed by atoms with E-state index < -0.39 is 0 Å². The molecule has 1 heterocycles. The van der Waals surface area contributed by atoms with Crippen molar-refractivity contribution in [1.29, 1.82) is 0 Å².